The molecule has 0 radical (unpaired) electrons. The molecular formula is C22H30BFN3+. The third kappa shape index (κ3) is 2.17. The summed E-state index contributed by atoms with van der Waals surface area (Å²) in [6.07, 6.45) is 3.98. The molecule has 0 spiro atoms. The quantitative estimate of drug-likeness (QED) is 0.541. The third-order valence-electron chi connectivity index (χ3n) is 7.38. The maximum Gasteiger partial charge on any atom is 0.512 e. The highest BCUT2D eigenvalue weighted by atomic mass is 19.1. The average Bonchev–Trinajstić information content (AvgIpc) is 3.02. The highest BCUT2D eigenvalue weighted by Crippen LogP contribution is 2.59. The fraction of sp³-hybridized carbons (Fsp3) is 0.500. The van der Waals surface area contributed by atoms with Crippen LogP contribution in [0.2, 0.25) is 5.31 Å². The molecule has 1 aromatic heterocycles. The molecule has 5 heteroatoms. The van der Waals surface area contributed by atoms with Crippen LogP contribution in [0.4, 0.5) is 21.6 Å². The number of para-hydroxylation sites is 2. The first-order valence-corrected chi connectivity index (χ1v) is 10.2. The predicted molar refractivity (Wildman–Crippen MR) is 111 cm³/mol. The van der Waals surface area contributed by atoms with Crippen molar-refractivity contribution in [1.82, 2.24) is 0 Å². The Labute approximate surface area is 162 Å². The summed E-state index contributed by atoms with van der Waals surface area (Å²) < 4.78 is 16.7. The van der Waals surface area contributed by atoms with Gasteiger partial charge in [0.05, 0.1) is 23.3 Å². The van der Waals surface area contributed by atoms with Gasteiger partial charge in [-0.05, 0) is 45.7 Å². The summed E-state index contributed by atoms with van der Waals surface area (Å²) in [5, 5.41) is -0.0134. The van der Waals surface area contributed by atoms with Crippen LogP contribution >= 0.6 is 0 Å². The Morgan fingerprint density at radius 1 is 1.07 bits per heavy atom. The second kappa shape index (κ2) is 5.98. The second-order valence-electron chi connectivity index (χ2n) is 8.70. The predicted octanol–water partition coefficient (Wildman–Crippen LogP) is 5.28. The molecule has 2 aliphatic heterocycles. The number of anilines is 3. The van der Waals surface area contributed by atoms with E-state index in [-0.39, 0.29) is 23.7 Å². The van der Waals surface area contributed by atoms with E-state index in [1.54, 1.807) is 12.1 Å². The van der Waals surface area contributed by atoms with Crippen LogP contribution in [-0.4, -0.2) is 13.0 Å². The standard InChI is InChI=1S/C22H30BFN3/c1-7-21(5)22(6,8-2)25-14-13-17(24)15-20(25)27-19-12-10-9-11-18(19)26(16(3)4)23(21)27/h9-16H,7-8H2,1-6H3/q+1. The first-order valence-electron chi connectivity index (χ1n) is 10.2. The zero-order valence-electron chi connectivity index (χ0n) is 17.3. The monoisotopic (exact) mass is 366 g/mol. The van der Waals surface area contributed by atoms with Crippen molar-refractivity contribution in [3.8, 4) is 0 Å². The first-order chi connectivity index (χ1) is 12.8. The van der Waals surface area contributed by atoms with Gasteiger partial charge in [0.2, 0.25) is 0 Å². The lowest BCUT2D eigenvalue weighted by molar-refractivity contribution is -0.758. The van der Waals surface area contributed by atoms with Crippen molar-refractivity contribution in [2.75, 3.05) is 9.62 Å². The number of aromatic nitrogens is 1. The molecule has 0 aliphatic carbocycles. The Morgan fingerprint density at radius 3 is 2.33 bits per heavy atom. The Balaban J connectivity index is 2.09. The highest BCUT2D eigenvalue weighted by Gasteiger charge is 2.70. The minimum Gasteiger partial charge on any atom is -0.368 e. The van der Waals surface area contributed by atoms with Crippen LogP contribution in [0, 0.1) is 5.82 Å². The van der Waals surface area contributed by atoms with Crippen molar-refractivity contribution in [2.45, 2.75) is 71.3 Å². The normalized spacial score (nSPS) is 26.3. The van der Waals surface area contributed by atoms with Crippen molar-refractivity contribution >= 4 is 24.2 Å². The molecule has 3 nitrogen and oxygen atoms in total. The molecule has 0 saturated heterocycles. The average molecular weight is 366 g/mol. The number of fused-ring (bicyclic) bond motifs is 5. The van der Waals surface area contributed by atoms with Crippen LogP contribution in [0.1, 0.15) is 54.4 Å². The van der Waals surface area contributed by atoms with E-state index < -0.39 is 0 Å². The van der Waals surface area contributed by atoms with Gasteiger partial charge in [0.15, 0.2) is 0 Å². The lowest BCUT2D eigenvalue weighted by Gasteiger charge is -2.52. The zero-order chi connectivity index (χ0) is 19.6. The summed E-state index contributed by atoms with van der Waals surface area (Å²) in [5.41, 5.74) is 2.31. The molecule has 3 heterocycles. The minimum atomic E-state index is -0.181. The van der Waals surface area contributed by atoms with Gasteiger partial charge in [-0.1, -0.05) is 32.9 Å². The topological polar surface area (TPSA) is 10.4 Å². The molecule has 0 saturated carbocycles. The molecule has 2 aromatic rings. The molecule has 2 unspecified atom stereocenters. The summed E-state index contributed by atoms with van der Waals surface area (Å²) in [4.78, 5) is 4.92. The van der Waals surface area contributed by atoms with Crippen LogP contribution in [0.15, 0.2) is 42.6 Å². The summed E-state index contributed by atoms with van der Waals surface area (Å²) in [5.74, 6) is 0.768. The summed E-state index contributed by atoms with van der Waals surface area (Å²) in [7, 11) is 0. The van der Waals surface area contributed by atoms with Crippen molar-refractivity contribution in [1.29, 1.82) is 0 Å². The van der Waals surface area contributed by atoms with E-state index in [0.29, 0.717) is 6.04 Å². The van der Waals surface area contributed by atoms with Crippen LogP contribution in [-0.2, 0) is 5.54 Å². The van der Waals surface area contributed by atoms with E-state index in [0.717, 1.165) is 18.7 Å². The van der Waals surface area contributed by atoms with Crippen molar-refractivity contribution in [3.05, 3.63) is 48.4 Å². The van der Waals surface area contributed by atoms with E-state index in [4.69, 9.17) is 0 Å². The molecule has 2 atom stereocenters. The Hall–Kier alpha value is -2.04. The summed E-state index contributed by atoms with van der Waals surface area (Å²) in [6, 6.07) is 12.2. The molecule has 0 amide bonds. The van der Waals surface area contributed by atoms with Crippen LogP contribution in [0.25, 0.3) is 0 Å². The van der Waals surface area contributed by atoms with Crippen molar-refractivity contribution in [2.24, 2.45) is 0 Å². The Bertz CT molecular complexity index is 886. The highest BCUT2D eigenvalue weighted by molar-refractivity contribution is 6.74. The SMILES string of the molecule is CCC1(C)B2N(c3ccccc3N2C(C)C)c2cc(F)cc[n+]2C1(C)CC. The molecule has 2 aliphatic rings. The van der Waals surface area contributed by atoms with Gasteiger partial charge >= 0.3 is 6.98 Å². The Morgan fingerprint density at radius 2 is 1.74 bits per heavy atom. The number of rotatable bonds is 3. The number of pyridine rings is 1. The number of hydrogen-bond acceptors (Lipinski definition) is 2. The van der Waals surface area contributed by atoms with E-state index in [9.17, 15) is 4.39 Å². The van der Waals surface area contributed by atoms with Crippen LogP contribution in [0.3, 0.4) is 0 Å². The molecule has 0 fully saturated rings. The molecule has 27 heavy (non-hydrogen) atoms. The molecule has 0 N–H and O–H groups in total. The molecule has 1 aromatic carbocycles. The number of nitrogens with zero attached hydrogens (tertiary/aromatic N) is 3. The third-order valence-corrected chi connectivity index (χ3v) is 7.38. The molecular weight excluding hydrogens is 336 g/mol. The number of hydrogen-bond donors (Lipinski definition) is 0. The van der Waals surface area contributed by atoms with Gasteiger partial charge in [0.1, 0.15) is 17.0 Å². The van der Waals surface area contributed by atoms with Crippen molar-refractivity contribution < 1.29 is 8.96 Å². The van der Waals surface area contributed by atoms with Gasteiger partial charge in [-0.3, -0.25) is 4.81 Å². The van der Waals surface area contributed by atoms with Gasteiger partial charge in [0, 0.05) is 12.1 Å². The number of benzene rings is 1. The van der Waals surface area contributed by atoms with Gasteiger partial charge in [-0.2, -0.15) is 0 Å². The summed E-state index contributed by atoms with van der Waals surface area (Å²) in [6.45, 7) is 14.0. The largest absolute Gasteiger partial charge is 0.512 e. The maximum atomic E-state index is 14.4. The van der Waals surface area contributed by atoms with E-state index in [1.807, 2.05) is 6.20 Å². The van der Waals surface area contributed by atoms with Gasteiger partial charge in [0.25, 0.3) is 5.82 Å². The lowest BCUT2D eigenvalue weighted by Crippen LogP contribution is -2.75. The molecule has 142 valence electrons. The van der Waals surface area contributed by atoms with Gasteiger partial charge < -0.3 is 4.81 Å². The van der Waals surface area contributed by atoms with Crippen molar-refractivity contribution in [3.63, 3.8) is 0 Å². The number of halogens is 1. The van der Waals surface area contributed by atoms with Crippen LogP contribution in [0.5, 0.6) is 0 Å². The van der Waals surface area contributed by atoms with Gasteiger partial charge in [-0.15, -0.1) is 0 Å². The minimum absolute atomic E-state index is 0.0134. The Kier molecular flexibility index (Phi) is 4.06. The van der Waals surface area contributed by atoms with E-state index >= 15 is 0 Å². The van der Waals surface area contributed by atoms with Crippen LogP contribution < -0.4 is 14.2 Å². The lowest BCUT2D eigenvalue weighted by atomic mass is 9.39. The van der Waals surface area contributed by atoms with E-state index in [2.05, 4.69) is 80.0 Å². The maximum absolute atomic E-state index is 14.4. The zero-order valence-corrected chi connectivity index (χ0v) is 17.3. The fourth-order valence-electron chi connectivity index (χ4n) is 5.43. The smallest absolute Gasteiger partial charge is 0.368 e. The molecule has 0 bridgehead atoms. The second-order valence-corrected chi connectivity index (χ2v) is 8.70. The summed E-state index contributed by atoms with van der Waals surface area (Å²) >= 11 is 0. The van der Waals surface area contributed by atoms with E-state index in [1.165, 1.54) is 11.4 Å². The van der Waals surface area contributed by atoms with Gasteiger partial charge in [-0.25, -0.2) is 8.96 Å². The fourth-order valence-corrected chi connectivity index (χ4v) is 5.43. The molecule has 4 rings (SSSR count). The first kappa shape index (κ1) is 18.3.